The van der Waals surface area contributed by atoms with E-state index in [-0.39, 0.29) is 11.9 Å². The van der Waals surface area contributed by atoms with E-state index in [4.69, 9.17) is 0 Å². The minimum absolute atomic E-state index is 0.0433. The number of amides is 1. The lowest BCUT2D eigenvalue weighted by molar-refractivity contribution is 0.0931. The van der Waals surface area contributed by atoms with Crippen LogP contribution in [-0.2, 0) is 13.0 Å². The average Bonchev–Trinajstić information content (AvgIpc) is 3.24. The number of benzene rings is 1. The Balaban J connectivity index is 1.45. The van der Waals surface area contributed by atoms with Gasteiger partial charge in [-0.05, 0) is 6.42 Å². The number of nitrogens with one attached hydrogen (secondary N) is 1. The van der Waals surface area contributed by atoms with Crippen molar-refractivity contribution in [3.8, 4) is 10.6 Å². The van der Waals surface area contributed by atoms with Gasteiger partial charge in [-0.25, -0.2) is 9.97 Å². The Kier molecular flexibility index (Phi) is 3.67. The lowest BCUT2D eigenvalue weighted by Crippen LogP contribution is -2.40. The van der Waals surface area contributed by atoms with Crippen molar-refractivity contribution in [2.24, 2.45) is 0 Å². The third kappa shape index (κ3) is 2.90. The van der Waals surface area contributed by atoms with E-state index in [1.807, 2.05) is 42.7 Å². The fourth-order valence-electron chi connectivity index (χ4n) is 2.83. The van der Waals surface area contributed by atoms with Crippen LogP contribution in [0, 0.1) is 0 Å². The number of aryl methyl sites for hydroxylation is 1. The molecule has 0 spiro atoms. The van der Waals surface area contributed by atoms with Gasteiger partial charge in [0.25, 0.3) is 5.91 Å². The Labute approximate surface area is 138 Å². The summed E-state index contributed by atoms with van der Waals surface area (Å²) in [6, 6.07) is 10.1. The number of hydrogen-bond acceptors (Lipinski definition) is 4. The molecule has 1 aliphatic heterocycles. The van der Waals surface area contributed by atoms with Gasteiger partial charge in [-0.1, -0.05) is 30.3 Å². The van der Waals surface area contributed by atoms with E-state index in [9.17, 15) is 4.79 Å². The van der Waals surface area contributed by atoms with Gasteiger partial charge in [0, 0.05) is 37.0 Å². The normalized spacial score (nSPS) is 16.8. The molecule has 0 radical (unpaired) electrons. The van der Waals surface area contributed by atoms with Crippen LogP contribution in [0.5, 0.6) is 0 Å². The molecule has 6 heteroatoms. The summed E-state index contributed by atoms with van der Waals surface area (Å²) in [6.45, 7) is 0.783. The summed E-state index contributed by atoms with van der Waals surface area (Å²) >= 11 is 1.43. The summed E-state index contributed by atoms with van der Waals surface area (Å²) in [5, 5.41) is 3.99. The lowest BCUT2D eigenvalue weighted by Gasteiger charge is -2.24. The molecule has 0 fully saturated rings. The van der Waals surface area contributed by atoms with Crippen molar-refractivity contribution >= 4 is 17.2 Å². The van der Waals surface area contributed by atoms with Crippen molar-refractivity contribution in [2.75, 3.05) is 0 Å². The minimum Gasteiger partial charge on any atom is -0.347 e. The number of nitrogens with zero attached hydrogens (tertiary/aromatic N) is 3. The molecule has 0 bridgehead atoms. The number of thiazole rings is 1. The molecule has 5 nitrogen and oxygen atoms in total. The van der Waals surface area contributed by atoms with E-state index < -0.39 is 0 Å². The van der Waals surface area contributed by atoms with Crippen molar-refractivity contribution in [3.05, 3.63) is 59.6 Å². The number of fused-ring (bicyclic) bond motifs is 1. The first-order valence-electron chi connectivity index (χ1n) is 7.62. The SMILES string of the molecule is O=C(NC1CCc2nccn2C1)c1cnc(-c2ccccc2)s1. The van der Waals surface area contributed by atoms with Crippen molar-refractivity contribution in [1.29, 1.82) is 0 Å². The molecule has 1 N–H and O–H groups in total. The largest absolute Gasteiger partial charge is 0.347 e. The minimum atomic E-state index is -0.0433. The van der Waals surface area contributed by atoms with Gasteiger partial charge in [-0.2, -0.15) is 0 Å². The van der Waals surface area contributed by atoms with Crippen LogP contribution < -0.4 is 5.32 Å². The Morgan fingerprint density at radius 1 is 1.26 bits per heavy atom. The molecule has 1 aliphatic rings. The Morgan fingerprint density at radius 3 is 3.00 bits per heavy atom. The van der Waals surface area contributed by atoms with Gasteiger partial charge in [0.2, 0.25) is 0 Å². The van der Waals surface area contributed by atoms with Gasteiger partial charge in [0.1, 0.15) is 15.7 Å². The average molecular weight is 324 g/mol. The number of rotatable bonds is 3. The molecule has 116 valence electrons. The highest BCUT2D eigenvalue weighted by Gasteiger charge is 2.21. The Morgan fingerprint density at radius 2 is 2.13 bits per heavy atom. The first-order chi connectivity index (χ1) is 11.3. The van der Waals surface area contributed by atoms with Gasteiger partial charge in [0.05, 0.1) is 6.20 Å². The summed E-state index contributed by atoms with van der Waals surface area (Å²) in [7, 11) is 0. The molecule has 0 aliphatic carbocycles. The van der Waals surface area contributed by atoms with Gasteiger partial charge in [0.15, 0.2) is 0 Å². The van der Waals surface area contributed by atoms with Crippen molar-refractivity contribution in [3.63, 3.8) is 0 Å². The van der Waals surface area contributed by atoms with E-state index >= 15 is 0 Å². The monoisotopic (exact) mass is 324 g/mol. The first kappa shape index (κ1) is 14.1. The summed E-state index contributed by atoms with van der Waals surface area (Å²) in [5.41, 5.74) is 1.04. The third-order valence-electron chi connectivity index (χ3n) is 4.02. The summed E-state index contributed by atoms with van der Waals surface area (Å²) in [6.07, 6.45) is 7.26. The number of imidazole rings is 1. The molecular weight excluding hydrogens is 308 g/mol. The van der Waals surface area contributed by atoms with Crippen molar-refractivity contribution in [2.45, 2.75) is 25.4 Å². The fraction of sp³-hybridized carbons (Fsp3) is 0.235. The molecular formula is C17H16N4OS. The van der Waals surface area contributed by atoms with E-state index in [2.05, 4.69) is 19.9 Å². The predicted octanol–water partition coefficient (Wildman–Crippen LogP) is 2.75. The second-order valence-electron chi connectivity index (χ2n) is 5.60. The molecule has 1 atom stereocenters. The van der Waals surface area contributed by atoms with Crippen molar-refractivity contribution in [1.82, 2.24) is 19.9 Å². The summed E-state index contributed by atoms with van der Waals surface area (Å²) in [5.74, 6) is 1.05. The Hall–Kier alpha value is -2.47. The zero-order valence-corrected chi connectivity index (χ0v) is 13.3. The standard InChI is InChI=1S/C17H16N4OS/c22-16(20-13-6-7-15-18-8-9-21(15)11-13)14-10-19-17(23-14)12-4-2-1-3-5-12/h1-5,8-10,13H,6-7,11H2,(H,20,22). The number of carbonyl (C=O) groups excluding carboxylic acids is 1. The molecule has 2 aromatic heterocycles. The number of carbonyl (C=O) groups is 1. The highest BCUT2D eigenvalue weighted by Crippen LogP contribution is 2.25. The second-order valence-corrected chi connectivity index (χ2v) is 6.63. The Bertz CT molecular complexity index is 824. The van der Waals surface area contributed by atoms with E-state index in [0.29, 0.717) is 4.88 Å². The molecule has 0 saturated carbocycles. The fourth-order valence-corrected chi connectivity index (χ4v) is 3.66. The highest BCUT2D eigenvalue weighted by molar-refractivity contribution is 7.16. The van der Waals surface area contributed by atoms with Gasteiger partial charge in [-0.15, -0.1) is 11.3 Å². The summed E-state index contributed by atoms with van der Waals surface area (Å²) < 4.78 is 2.11. The number of aromatic nitrogens is 3. The molecule has 23 heavy (non-hydrogen) atoms. The van der Waals surface area contributed by atoms with E-state index in [1.54, 1.807) is 6.20 Å². The predicted molar refractivity (Wildman–Crippen MR) is 89.4 cm³/mol. The van der Waals surface area contributed by atoms with Crippen LogP contribution >= 0.6 is 11.3 Å². The molecule has 4 rings (SSSR count). The zero-order chi connectivity index (χ0) is 15.6. The van der Waals surface area contributed by atoms with Crippen LogP contribution in [0.15, 0.2) is 48.9 Å². The van der Waals surface area contributed by atoms with Crippen molar-refractivity contribution < 1.29 is 4.79 Å². The molecule has 3 aromatic rings. The highest BCUT2D eigenvalue weighted by atomic mass is 32.1. The maximum Gasteiger partial charge on any atom is 0.263 e. The first-order valence-corrected chi connectivity index (χ1v) is 8.43. The molecule has 1 amide bonds. The molecule has 1 unspecified atom stereocenters. The van der Waals surface area contributed by atoms with Gasteiger partial charge >= 0.3 is 0 Å². The lowest BCUT2D eigenvalue weighted by atomic mass is 10.1. The molecule has 3 heterocycles. The van der Waals surface area contributed by atoms with Gasteiger partial charge < -0.3 is 9.88 Å². The smallest absolute Gasteiger partial charge is 0.263 e. The zero-order valence-electron chi connectivity index (χ0n) is 12.5. The van der Waals surface area contributed by atoms with Crippen LogP contribution in [0.2, 0.25) is 0 Å². The second kappa shape index (κ2) is 5.96. The van der Waals surface area contributed by atoms with Crippen LogP contribution in [0.4, 0.5) is 0 Å². The summed E-state index contributed by atoms with van der Waals surface area (Å²) in [4.78, 5) is 21.8. The van der Waals surface area contributed by atoms with Crippen LogP contribution in [0.1, 0.15) is 21.9 Å². The van der Waals surface area contributed by atoms with Gasteiger partial charge in [-0.3, -0.25) is 4.79 Å². The van der Waals surface area contributed by atoms with Crippen LogP contribution in [0.3, 0.4) is 0 Å². The molecule has 1 aromatic carbocycles. The maximum absolute atomic E-state index is 12.4. The third-order valence-corrected chi connectivity index (χ3v) is 5.07. The topological polar surface area (TPSA) is 59.8 Å². The van der Waals surface area contributed by atoms with E-state index in [1.165, 1.54) is 11.3 Å². The van der Waals surface area contributed by atoms with E-state index in [0.717, 1.165) is 35.8 Å². The number of hydrogen-bond donors (Lipinski definition) is 1. The molecule has 0 saturated heterocycles. The quantitative estimate of drug-likeness (QED) is 0.806. The van der Waals surface area contributed by atoms with Crippen LogP contribution in [0.25, 0.3) is 10.6 Å². The maximum atomic E-state index is 12.4. The van der Waals surface area contributed by atoms with Crippen LogP contribution in [-0.4, -0.2) is 26.5 Å².